The highest BCUT2D eigenvalue weighted by molar-refractivity contribution is 7.80. The number of nitrogens with zero attached hydrogens (tertiary/aromatic N) is 2. The Labute approximate surface area is 196 Å². The lowest BCUT2D eigenvalue weighted by Gasteiger charge is -2.26. The van der Waals surface area contributed by atoms with Gasteiger partial charge in [-0.2, -0.15) is 0 Å². The van der Waals surface area contributed by atoms with Crippen LogP contribution in [0.25, 0.3) is 10.8 Å². The number of nitrogens with one attached hydrogen (secondary N) is 2. The number of thiocarbonyl (C=S) groups is 1. The van der Waals surface area contributed by atoms with Gasteiger partial charge in [0.2, 0.25) is 5.91 Å². The van der Waals surface area contributed by atoms with Gasteiger partial charge in [0.15, 0.2) is 5.11 Å². The number of hydrogen-bond acceptors (Lipinski definition) is 4. The van der Waals surface area contributed by atoms with E-state index in [1.807, 2.05) is 66.7 Å². The number of carbonyl (C=O) groups is 1. The summed E-state index contributed by atoms with van der Waals surface area (Å²) in [5.41, 5.74) is 1.77. The molecule has 0 unspecified atom stereocenters. The minimum atomic E-state index is -0.0523. The van der Waals surface area contributed by atoms with Crippen LogP contribution in [-0.4, -0.2) is 27.4 Å². The molecule has 7 heteroatoms. The van der Waals surface area contributed by atoms with Crippen LogP contribution in [-0.2, 0) is 4.79 Å². The van der Waals surface area contributed by atoms with Crippen LogP contribution in [0.3, 0.4) is 0 Å². The topological polar surface area (TPSA) is 57.3 Å². The maximum Gasteiger partial charge on any atom is 0.226 e. The molecule has 0 radical (unpaired) electrons. The highest BCUT2D eigenvalue weighted by Gasteiger charge is 2.40. The molecule has 0 saturated carbocycles. The van der Waals surface area contributed by atoms with Crippen molar-refractivity contribution in [2.45, 2.75) is 18.5 Å². The monoisotopic (exact) mass is 458 g/mol. The van der Waals surface area contributed by atoms with Crippen LogP contribution < -0.4 is 10.6 Å². The summed E-state index contributed by atoms with van der Waals surface area (Å²) >= 11 is 7.37. The van der Waals surface area contributed by atoms with E-state index in [4.69, 9.17) is 12.2 Å². The van der Waals surface area contributed by atoms with Crippen LogP contribution in [0.2, 0.25) is 0 Å². The third-order valence-corrected chi connectivity index (χ3v) is 6.97. The Morgan fingerprint density at radius 3 is 2.72 bits per heavy atom. The molecule has 3 heterocycles. The van der Waals surface area contributed by atoms with Gasteiger partial charge in [-0.3, -0.25) is 9.78 Å². The van der Waals surface area contributed by atoms with Crippen molar-refractivity contribution in [3.8, 4) is 0 Å². The fourth-order valence-corrected chi connectivity index (χ4v) is 5.39. The molecule has 2 aromatic carbocycles. The van der Waals surface area contributed by atoms with Gasteiger partial charge in [-0.05, 0) is 47.2 Å². The van der Waals surface area contributed by atoms with Crippen LogP contribution >= 0.6 is 23.6 Å². The largest absolute Gasteiger partial charge is 0.352 e. The van der Waals surface area contributed by atoms with Gasteiger partial charge < -0.3 is 15.5 Å². The first-order valence-corrected chi connectivity index (χ1v) is 11.8. The van der Waals surface area contributed by atoms with Gasteiger partial charge in [0, 0.05) is 35.1 Å². The molecule has 160 valence electrons. The summed E-state index contributed by atoms with van der Waals surface area (Å²) in [5, 5.41) is 11.4. The third-order valence-electron chi connectivity index (χ3n) is 5.68. The molecule has 5 nitrogen and oxygen atoms in total. The van der Waals surface area contributed by atoms with Crippen molar-refractivity contribution in [3.63, 3.8) is 0 Å². The molecule has 0 bridgehead atoms. The molecule has 4 aromatic rings. The SMILES string of the molecule is O=C(CCN1C(=S)N[C@@H](c2ccccn2)[C@@H]1c1cccs1)Nc1cccc2ccccc12. The molecule has 1 aliphatic rings. The lowest BCUT2D eigenvalue weighted by molar-refractivity contribution is -0.116. The highest BCUT2D eigenvalue weighted by Crippen LogP contribution is 2.40. The molecule has 2 atom stereocenters. The molecule has 0 spiro atoms. The van der Waals surface area contributed by atoms with Crippen molar-refractivity contribution in [3.05, 3.63) is 94.9 Å². The Kier molecular flexibility index (Phi) is 5.83. The number of aromatic nitrogens is 1. The minimum absolute atomic E-state index is 0.00255. The van der Waals surface area contributed by atoms with E-state index in [0.717, 1.165) is 22.2 Å². The lowest BCUT2D eigenvalue weighted by Crippen LogP contribution is -2.32. The maximum atomic E-state index is 12.9. The van der Waals surface area contributed by atoms with Crippen molar-refractivity contribution < 1.29 is 4.79 Å². The van der Waals surface area contributed by atoms with Crippen LogP contribution in [0, 0.1) is 0 Å². The number of benzene rings is 2. The van der Waals surface area contributed by atoms with Gasteiger partial charge in [0.25, 0.3) is 0 Å². The van der Waals surface area contributed by atoms with Gasteiger partial charge in [0.05, 0.1) is 17.8 Å². The number of hydrogen-bond donors (Lipinski definition) is 2. The zero-order chi connectivity index (χ0) is 21.9. The van der Waals surface area contributed by atoms with E-state index in [-0.39, 0.29) is 18.0 Å². The molecule has 1 amide bonds. The molecule has 2 aromatic heterocycles. The summed E-state index contributed by atoms with van der Waals surface area (Å²) in [4.78, 5) is 20.7. The normalized spacial score (nSPS) is 18.0. The minimum Gasteiger partial charge on any atom is -0.352 e. The smallest absolute Gasteiger partial charge is 0.226 e. The number of amides is 1. The summed E-state index contributed by atoms with van der Waals surface area (Å²) in [6.07, 6.45) is 2.13. The number of carbonyl (C=O) groups excluding carboxylic acids is 1. The number of rotatable bonds is 6. The molecule has 1 saturated heterocycles. The van der Waals surface area contributed by atoms with E-state index < -0.39 is 0 Å². The fourth-order valence-electron chi connectivity index (χ4n) is 4.18. The Bertz CT molecular complexity index is 1240. The zero-order valence-corrected chi connectivity index (χ0v) is 18.9. The third kappa shape index (κ3) is 4.09. The van der Waals surface area contributed by atoms with Crippen molar-refractivity contribution in [1.29, 1.82) is 0 Å². The molecule has 1 aliphatic heterocycles. The van der Waals surface area contributed by atoms with E-state index in [1.165, 1.54) is 4.88 Å². The van der Waals surface area contributed by atoms with Gasteiger partial charge in [-0.25, -0.2) is 0 Å². The van der Waals surface area contributed by atoms with Crippen molar-refractivity contribution in [2.75, 3.05) is 11.9 Å². The van der Waals surface area contributed by atoms with E-state index >= 15 is 0 Å². The predicted octanol–water partition coefficient (Wildman–Crippen LogP) is 5.30. The second-order valence-corrected chi connectivity index (χ2v) is 9.03. The fraction of sp³-hybridized carbons (Fsp3) is 0.160. The van der Waals surface area contributed by atoms with E-state index in [1.54, 1.807) is 17.5 Å². The number of pyridine rings is 1. The number of fused-ring (bicyclic) bond motifs is 1. The second kappa shape index (κ2) is 9.06. The first kappa shape index (κ1) is 20.6. The molecule has 2 N–H and O–H groups in total. The molecule has 0 aliphatic carbocycles. The average molecular weight is 459 g/mol. The number of thiophene rings is 1. The van der Waals surface area contributed by atoms with E-state index in [2.05, 4.69) is 32.0 Å². The summed E-state index contributed by atoms with van der Waals surface area (Å²) in [6.45, 7) is 0.522. The van der Waals surface area contributed by atoms with Crippen LogP contribution in [0.4, 0.5) is 5.69 Å². The van der Waals surface area contributed by atoms with Crippen LogP contribution in [0.15, 0.2) is 84.4 Å². The Balaban J connectivity index is 1.33. The molecule has 5 rings (SSSR count). The maximum absolute atomic E-state index is 12.9. The summed E-state index contributed by atoms with van der Waals surface area (Å²) in [6, 6.07) is 24.0. The van der Waals surface area contributed by atoms with Crippen molar-refractivity contribution >= 4 is 51.0 Å². The van der Waals surface area contributed by atoms with Crippen molar-refractivity contribution in [1.82, 2.24) is 15.2 Å². The summed E-state index contributed by atoms with van der Waals surface area (Å²) < 4.78 is 0. The highest BCUT2D eigenvalue weighted by atomic mass is 32.1. The van der Waals surface area contributed by atoms with Crippen molar-refractivity contribution in [2.24, 2.45) is 0 Å². The zero-order valence-electron chi connectivity index (χ0n) is 17.3. The van der Waals surface area contributed by atoms with Gasteiger partial charge >= 0.3 is 0 Å². The average Bonchev–Trinajstić information content (AvgIpc) is 3.46. The second-order valence-electron chi connectivity index (χ2n) is 7.66. The Morgan fingerprint density at radius 2 is 1.91 bits per heavy atom. The van der Waals surface area contributed by atoms with E-state index in [0.29, 0.717) is 18.1 Å². The lowest BCUT2D eigenvalue weighted by atomic mass is 10.0. The predicted molar refractivity (Wildman–Crippen MR) is 134 cm³/mol. The summed E-state index contributed by atoms with van der Waals surface area (Å²) in [5.74, 6) is -0.0321. The van der Waals surface area contributed by atoms with Gasteiger partial charge in [-0.1, -0.05) is 48.5 Å². The van der Waals surface area contributed by atoms with Crippen LogP contribution in [0.1, 0.15) is 29.1 Å². The molecule has 1 fully saturated rings. The molecular weight excluding hydrogens is 436 g/mol. The first-order chi connectivity index (χ1) is 15.7. The van der Waals surface area contributed by atoms with Crippen LogP contribution in [0.5, 0.6) is 0 Å². The standard InChI is InChI=1S/C25H22N4OS2/c30-22(27-19-11-5-8-17-7-1-2-9-18(17)19)13-15-29-24(21-12-6-16-32-21)23(28-25(29)31)20-10-3-4-14-26-20/h1-12,14,16,23-24H,13,15H2,(H,27,30)(H,28,31)/t23-,24-/m0/s1. The quantitative estimate of drug-likeness (QED) is 0.384. The Hall–Kier alpha value is -3.29. The van der Waals surface area contributed by atoms with Gasteiger partial charge in [0.1, 0.15) is 0 Å². The molecular formula is C25H22N4OS2. The van der Waals surface area contributed by atoms with Gasteiger partial charge in [-0.15, -0.1) is 11.3 Å². The Morgan fingerprint density at radius 1 is 1.06 bits per heavy atom. The summed E-state index contributed by atoms with van der Waals surface area (Å²) in [7, 11) is 0. The molecule has 32 heavy (non-hydrogen) atoms. The number of anilines is 1. The van der Waals surface area contributed by atoms with E-state index in [9.17, 15) is 4.79 Å². The first-order valence-electron chi connectivity index (χ1n) is 10.5.